The smallest absolute Gasteiger partial charge is 0.244 e. The third-order valence-electron chi connectivity index (χ3n) is 9.85. The minimum atomic E-state index is -0.377. The van der Waals surface area contributed by atoms with E-state index < -0.39 is 0 Å². The van der Waals surface area contributed by atoms with E-state index in [9.17, 15) is 9.59 Å². The maximum atomic E-state index is 13.8. The van der Waals surface area contributed by atoms with Crippen LogP contribution >= 0.6 is 0 Å². The number of pyridine rings is 1. The van der Waals surface area contributed by atoms with E-state index in [4.69, 9.17) is 4.98 Å². The van der Waals surface area contributed by atoms with Crippen molar-refractivity contribution in [1.29, 1.82) is 0 Å². The van der Waals surface area contributed by atoms with Gasteiger partial charge >= 0.3 is 0 Å². The number of H-pyrrole nitrogens is 2. The van der Waals surface area contributed by atoms with Gasteiger partial charge < -0.3 is 19.8 Å². The number of amides is 2. The lowest BCUT2D eigenvalue weighted by molar-refractivity contribution is -0.138. The molecular formula is C45H53N9O2. The molecule has 11 heteroatoms. The highest BCUT2D eigenvalue weighted by Gasteiger charge is 2.29. The molecule has 0 bridgehead atoms. The number of likely N-dealkylation sites (N-methyl/N-ethyl adjacent to an activating group) is 2. The van der Waals surface area contributed by atoms with Crippen LogP contribution in [0.4, 0.5) is 0 Å². The first kappa shape index (κ1) is 39.8. The Bertz CT molecular complexity index is 1990. The van der Waals surface area contributed by atoms with E-state index in [2.05, 4.69) is 64.1 Å². The van der Waals surface area contributed by atoms with E-state index in [1.807, 2.05) is 127 Å². The van der Waals surface area contributed by atoms with E-state index in [0.29, 0.717) is 32.0 Å². The highest BCUT2D eigenvalue weighted by atomic mass is 16.2. The molecule has 2 amide bonds. The Morgan fingerprint density at radius 1 is 0.536 bits per heavy atom. The second kappa shape index (κ2) is 18.6. The monoisotopic (exact) mass is 751 g/mol. The first-order valence-electron chi connectivity index (χ1n) is 19.3. The number of nitrogens with zero attached hydrogens (tertiary/aromatic N) is 7. The van der Waals surface area contributed by atoms with Crippen LogP contribution in [0.2, 0.25) is 0 Å². The molecule has 3 aromatic carbocycles. The van der Waals surface area contributed by atoms with Gasteiger partial charge in [0.05, 0.1) is 42.6 Å². The fourth-order valence-corrected chi connectivity index (χ4v) is 7.10. The summed E-state index contributed by atoms with van der Waals surface area (Å²) in [7, 11) is 7.75. The lowest BCUT2D eigenvalue weighted by Crippen LogP contribution is -2.40. The van der Waals surface area contributed by atoms with Crippen LogP contribution < -0.4 is 0 Å². The van der Waals surface area contributed by atoms with Gasteiger partial charge in [0.2, 0.25) is 11.8 Å². The molecule has 0 aliphatic heterocycles. The van der Waals surface area contributed by atoms with Gasteiger partial charge in [-0.3, -0.25) is 24.4 Å². The van der Waals surface area contributed by atoms with Gasteiger partial charge in [-0.1, -0.05) is 105 Å². The molecule has 6 aromatic rings. The zero-order valence-electron chi connectivity index (χ0n) is 33.3. The summed E-state index contributed by atoms with van der Waals surface area (Å²) in [5.74, 6) is 1.56. The van der Waals surface area contributed by atoms with E-state index in [1.54, 1.807) is 6.20 Å². The van der Waals surface area contributed by atoms with E-state index >= 15 is 0 Å². The number of hydrogen-bond acceptors (Lipinski definition) is 7. The zero-order chi connectivity index (χ0) is 39.6. The van der Waals surface area contributed by atoms with E-state index in [1.165, 1.54) is 0 Å². The fourth-order valence-electron chi connectivity index (χ4n) is 7.10. The minimum Gasteiger partial charge on any atom is -0.341 e. The molecule has 3 heterocycles. The normalized spacial score (nSPS) is 12.5. The van der Waals surface area contributed by atoms with Crippen LogP contribution in [0.5, 0.6) is 0 Å². The molecule has 0 spiro atoms. The number of carbonyl (C=O) groups is 2. The predicted octanol–water partition coefficient (Wildman–Crippen LogP) is 7.61. The molecule has 2 N–H and O–H groups in total. The van der Waals surface area contributed by atoms with E-state index in [0.717, 1.165) is 63.6 Å². The number of nitrogens with one attached hydrogen (secondary N) is 2. The third-order valence-corrected chi connectivity index (χ3v) is 9.85. The third kappa shape index (κ3) is 9.47. The summed E-state index contributed by atoms with van der Waals surface area (Å²) >= 11 is 0. The Morgan fingerprint density at radius 2 is 0.982 bits per heavy atom. The number of carbonyl (C=O) groups excluding carboxylic acids is 2. The summed E-state index contributed by atoms with van der Waals surface area (Å²) in [6.45, 7) is 6.21. The van der Waals surface area contributed by atoms with E-state index in [-0.39, 0.29) is 23.9 Å². The van der Waals surface area contributed by atoms with Gasteiger partial charge in [-0.15, -0.1) is 0 Å². The van der Waals surface area contributed by atoms with Crippen molar-refractivity contribution in [3.63, 3.8) is 0 Å². The lowest BCUT2D eigenvalue weighted by atomic mass is 10.0. The summed E-state index contributed by atoms with van der Waals surface area (Å²) in [6.07, 6.45) is 7.16. The zero-order valence-corrected chi connectivity index (χ0v) is 33.3. The van der Waals surface area contributed by atoms with Crippen LogP contribution in [0.25, 0.3) is 33.8 Å². The fraction of sp³-hybridized carbons (Fsp3) is 0.311. The van der Waals surface area contributed by atoms with Crippen molar-refractivity contribution in [3.05, 3.63) is 138 Å². The second-order valence-electron chi connectivity index (χ2n) is 14.6. The lowest BCUT2D eigenvalue weighted by Gasteiger charge is -2.30. The Hall–Kier alpha value is -5.91. The Labute approximate surface area is 330 Å². The SMILES string of the molecule is CCCN(Cc1ncc(-c2ccc(-c3ccc(-c4cnc(CN(CCC)C(=O)C(c5ccccc5)N(C)C)[nH]4)nc3)cc2)[nH]1)C(=O)C(c1ccccc1)N(C)C. The van der Waals surface area contributed by atoms with Gasteiger partial charge in [-0.25, -0.2) is 9.97 Å². The molecule has 3 aromatic heterocycles. The largest absolute Gasteiger partial charge is 0.341 e. The van der Waals surface area contributed by atoms with Crippen LogP contribution in [-0.4, -0.2) is 97.6 Å². The summed E-state index contributed by atoms with van der Waals surface area (Å²) < 4.78 is 0. The maximum Gasteiger partial charge on any atom is 0.244 e. The average Bonchev–Trinajstić information content (AvgIpc) is 3.88. The van der Waals surface area contributed by atoms with Crippen LogP contribution in [0.3, 0.4) is 0 Å². The number of aromatic nitrogens is 5. The number of aromatic amines is 2. The van der Waals surface area contributed by atoms with Crippen LogP contribution in [0, 0.1) is 0 Å². The topological polar surface area (TPSA) is 117 Å². The van der Waals surface area contributed by atoms with Crippen LogP contribution in [0.1, 0.15) is 61.5 Å². The van der Waals surface area contributed by atoms with Crippen molar-refractivity contribution < 1.29 is 9.59 Å². The van der Waals surface area contributed by atoms with Crippen molar-refractivity contribution >= 4 is 11.8 Å². The molecule has 6 rings (SSSR count). The molecule has 2 atom stereocenters. The average molecular weight is 752 g/mol. The van der Waals surface area contributed by atoms with Gasteiger partial charge in [0.15, 0.2) is 0 Å². The highest BCUT2D eigenvalue weighted by Crippen LogP contribution is 2.27. The molecule has 2 unspecified atom stereocenters. The Morgan fingerprint density at radius 3 is 1.43 bits per heavy atom. The molecule has 11 nitrogen and oxygen atoms in total. The van der Waals surface area contributed by atoms with Crippen molar-refractivity contribution in [3.8, 4) is 33.8 Å². The van der Waals surface area contributed by atoms with Crippen LogP contribution in [-0.2, 0) is 22.7 Å². The van der Waals surface area contributed by atoms with Crippen molar-refractivity contribution in [2.24, 2.45) is 0 Å². The Balaban J connectivity index is 1.10. The quantitative estimate of drug-likeness (QED) is 0.0986. The van der Waals surface area contributed by atoms with Crippen molar-refractivity contribution in [1.82, 2.24) is 44.5 Å². The van der Waals surface area contributed by atoms with Crippen LogP contribution in [0.15, 0.2) is 116 Å². The number of benzene rings is 3. The van der Waals surface area contributed by atoms with Gasteiger partial charge in [0.25, 0.3) is 0 Å². The number of imidazole rings is 2. The number of hydrogen-bond donors (Lipinski definition) is 2. The first-order valence-corrected chi connectivity index (χ1v) is 19.3. The Kier molecular flexibility index (Phi) is 13.2. The molecule has 56 heavy (non-hydrogen) atoms. The first-order chi connectivity index (χ1) is 27.2. The molecule has 0 fully saturated rings. The highest BCUT2D eigenvalue weighted by molar-refractivity contribution is 5.84. The predicted molar refractivity (Wildman–Crippen MR) is 222 cm³/mol. The van der Waals surface area contributed by atoms with Crippen molar-refractivity contribution in [2.45, 2.75) is 51.9 Å². The summed E-state index contributed by atoms with van der Waals surface area (Å²) in [5, 5.41) is 0. The maximum absolute atomic E-state index is 13.8. The summed E-state index contributed by atoms with van der Waals surface area (Å²) in [4.78, 5) is 56.2. The second-order valence-corrected chi connectivity index (χ2v) is 14.6. The molecule has 0 aliphatic carbocycles. The van der Waals surface area contributed by atoms with Gasteiger partial charge in [-0.05, 0) is 69.4 Å². The van der Waals surface area contributed by atoms with Gasteiger partial charge in [-0.2, -0.15) is 0 Å². The minimum absolute atomic E-state index is 0.0467. The standard InChI is InChI=1S/C45H53N9O2/c1-7-25-53(44(55)42(51(3)4)34-15-11-9-12-16-34)30-40-47-28-38(49-40)33-21-19-32(20-22-33)36-23-24-37(46-27-36)39-29-48-41(50-39)31-54(26-8-2)45(56)43(52(5)6)35-17-13-10-14-18-35/h9-24,27-29,42-43H,7-8,25-26,30-31H2,1-6H3,(H,47,49)(H,48,50). The molecule has 0 radical (unpaired) electrons. The van der Waals surface area contributed by atoms with Gasteiger partial charge in [0, 0.05) is 24.8 Å². The van der Waals surface area contributed by atoms with Gasteiger partial charge in [0.1, 0.15) is 23.7 Å². The molecule has 0 saturated carbocycles. The molecule has 290 valence electrons. The summed E-state index contributed by atoms with van der Waals surface area (Å²) in [5.41, 5.74) is 7.43. The summed E-state index contributed by atoms with van der Waals surface area (Å²) in [6, 6.07) is 31.4. The molecule has 0 saturated heterocycles. The molecular weight excluding hydrogens is 699 g/mol. The van der Waals surface area contributed by atoms with Crippen molar-refractivity contribution in [2.75, 3.05) is 41.3 Å². The molecule has 0 aliphatic rings. The number of rotatable bonds is 17.